The number of allylic oxidation sites excluding steroid dienone is 1. The Hall–Kier alpha value is -3.06. The van der Waals surface area contributed by atoms with Gasteiger partial charge in [0, 0.05) is 35.6 Å². The van der Waals surface area contributed by atoms with E-state index in [0.29, 0.717) is 12.3 Å². The highest BCUT2D eigenvalue weighted by atomic mass is 32.2. The number of hydrogen-bond donors (Lipinski definition) is 2. The van der Waals surface area contributed by atoms with Crippen LogP contribution < -0.4 is 5.32 Å². The summed E-state index contributed by atoms with van der Waals surface area (Å²) in [6.07, 6.45) is 6.53. The summed E-state index contributed by atoms with van der Waals surface area (Å²) in [7, 11) is 0. The van der Waals surface area contributed by atoms with Crippen molar-refractivity contribution in [3.8, 4) is 11.4 Å². The number of nitrogens with one attached hydrogen (secondary N) is 2. The third-order valence-electron chi connectivity index (χ3n) is 4.66. The van der Waals surface area contributed by atoms with Gasteiger partial charge in [0.15, 0.2) is 0 Å². The second kappa shape index (κ2) is 6.59. The van der Waals surface area contributed by atoms with Crippen LogP contribution in [0.4, 0.5) is 5.69 Å². The molecule has 1 unspecified atom stereocenters. The molecule has 27 heavy (non-hydrogen) atoms. The number of hydrogen-bond acceptors (Lipinski definition) is 4. The summed E-state index contributed by atoms with van der Waals surface area (Å²) in [4.78, 5) is 17.0. The first-order valence-corrected chi connectivity index (χ1v) is 9.81. The molecule has 4 aromatic rings. The predicted molar refractivity (Wildman–Crippen MR) is 109 cm³/mol. The number of aromatic nitrogens is 4. The molecule has 1 aromatic carbocycles. The second-order valence-electron chi connectivity index (χ2n) is 6.60. The van der Waals surface area contributed by atoms with Crippen LogP contribution in [0.5, 0.6) is 0 Å². The molecule has 0 radical (unpaired) electrons. The highest BCUT2D eigenvalue weighted by Gasteiger charge is 2.16. The molecule has 0 saturated heterocycles. The number of aromatic amines is 1. The summed E-state index contributed by atoms with van der Waals surface area (Å²) in [5.41, 5.74) is 4.13. The Balaban J connectivity index is 1.45. The van der Waals surface area contributed by atoms with Crippen LogP contribution in [0.3, 0.4) is 0 Å². The molecule has 7 heteroatoms. The highest BCUT2D eigenvalue weighted by molar-refractivity contribution is 8.02. The third-order valence-corrected chi connectivity index (χ3v) is 5.63. The molecule has 0 saturated carbocycles. The van der Waals surface area contributed by atoms with Crippen molar-refractivity contribution >= 4 is 39.9 Å². The molecule has 1 amide bonds. The summed E-state index contributed by atoms with van der Waals surface area (Å²) in [6, 6.07) is 11.7. The van der Waals surface area contributed by atoms with E-state index in [0.717, 1.165) is 39.4 Å². The topological polar surface area (TPSA) is 75.1 Å². The van der Waals surface area contributed by atoms with Crippen LogP contribution in [0.15, 0.2) is 60.3 Å². The lowest BCUT2D eigenvalue weighted by atomic mass is 10.1. The number of imidazole rings is 1. The van der Waals surface area contributed by atoms with Gasteiger partial charge in [0.05, 0.1) is 5.52 Å². The van der Waals surface area contributed by atoms with E-state index < -0.39 is 0 Å². The molecule has 1 aliphatic rings. The average molecular weight is 375 g/mol. The maximum atomic E-state index is 12.3. The largest absolute Gasteiger partial charge is 0.326 e. The molecule has 1 atom stereocenters. The van der Waals surface area contributed by atoms with Crippen molar-refractivity contribution in [1.29, 1.82) is 0 Å². The summed E-state index contributed by atoms with van der Waals surface area (Å²) < 4.78 is 1.97. The summed E-state index contributed by atoms with van der Waals surface area (Å²) >= 11 is 1.75. The quantitative estimate of drug-likeness (QED) is 0.563. The van der Waals surface area contributed by atoms with Crippen molar-refractivity contribution in [2.45, 2.75) is 6.42 Å². The van der Waals surface area contributed by atoms with Crippen LogP contribution in [-0.2, 0) is 4.79 Å². The van der Waals surface area contributed by atoms with Gasteiger partial charge in [-0.15, -0.1) is 11.8 Å². The van der Waals surface area contributed by atoms with Gasteiger partial charge in [0.1, 0.15) is 17.0 Å². The fourth-order valence-electron chi connectivity index (χ4n) is 3.31. The summed E-state index contributed by atoms with van der Waals surface area (Å²) in [5.74, 6) is 1.33. The molecule has 2 N–H and O–H groups in total. The number of pyridine rings is 1. The number of thioether (sulfide) groups is 1. The fourth-order valence-corrected chi connectivity index (χ4v) is 4.23. The molecule has 0 bridgehead atoms. The number of benzene rings is 1. The van der Waals surface area contributed by atoms with Crippen molar-refractivity contribution in [3.05, 3.63) is 60.3 Å². The zero-order valence-corrected chi connectivity index (χ0v) is 15.2. The van der Waals surface area contributed by atoms with E-state index in [9.17, 15) is 4.79 Å². The molecule has 4 heterocycles. The smallest absolute Gasteiger partial charge is 0.224 e. The van der Waals surface area contributed by atoms with Crippen LogP contribution >= 0.6 is 11.8 Å². The predicted octanol–water partition coefficient (Wildman–Crippen LogP) is 4.08. The lowest BCUT2D eigenvalue weighted by Gasteiger charge is -2.08. The number of H-pyrrole nitrogens is 1. The molecule has 6 nitrogen and oxygen atoms in total. The van der Waals surface area contributed by atoms with E-state index in [1.54, 1.807) is 11.8 Å². The maximum absolute atomic E-state index is 12.3. The van der Waals surface area contributed by atoms with Gasteiger partial charge in [-0.2, -0.15) is 5.10 Å². The molecule has 0 spiro atoms. The van der Waals surface area contributed by atoms with Crippen molar-refractivity contribution in [2.75, 3.05) is 11.1 Å². The van der Waals surface area contributed by atoms with Crippen LogP contribution in [0, 0.1) is 5.92 Å². The van der Waals surface area contributed by atoms with Gasteiger partial charge >= 0.3 is 0 Å². The van der Waals surface area contributed by atoms with E-state index in [2.05, 4.69) is 32.0 Å². The van der Waals surface area contributed by atoms with Crippen LogP contribution in [0.1, 0.15) is 6.42 Å². The first-order chi connectivity index (χ1) is 13.3. The van der Waals surface area contributed by atoms with Gasteiger partial charge in [0.2, 0.25) is 5.91 Å². The lowest BCUT2D eigenvalue weighted by Crippen LogP contribution is -2.15. The molecule has 1 aliphatic heterocycles. The SMILES string of the molecule is O=C(CC1C=CSC1)Nc1ccc2[nH]nc(-c3cn4ccccc4n3)c2c1. The number of fused-ring (bicyclic) bond motifs is 2. The number of anilines is 1. The number of nitrogens with zero attached hydrogens (tertiary/aromatic N) is 3. The van der Waals surface area contributed by atoms with Gasteiger partial charge in [-0.3, -0.25) is 9.89 Å². The molecule has 0 aliphatic carbocycles. The molecule has 3 aromatic heterocycles. The van der Waals surface area contributed by atoms with E-state index in [-0.39, 0.29) is 5.91 Å². The molecule has 134 valence electrons. The maximum Gasteiger partial charge on any atom is 0.224 e. The zero-order valence-electron chi connectivity index (χ0n) is 14.4. The monoisotopic (exact) mass is 375 g/mol. The van der Waals surface area contributed by atoms with Crippen molar-refractivity contribution in [2.24, 2.45) is 5.92 Å². The minimum Gasteiger partial charge on any atom is -0.326 e. The summed E-state index contributed by atoms with van der Waals surface area (Å²) in [6.45, 7) is 0. The Morgan fingerprint density at radius 2 is 2.30 bits per heavy atom. The standard InChI is InChI=1S/C20H17N5OS/c26-19(9-13-6-8-27-12-13)21-14-4-5-16-15(10-14)20(24-23-16)17-11-25-7-2-1-3-18(25)22-17/h1-8,10-11,13H,9,12H2,(H,21,26)(H,23,24). The number of carbonyl (C=O) groups is 1. The fraction of sp³-hybridized carbons (Fsp3) is 0.150. The molecular weight excluding hydrogens is 358 g/mol. The number of carbonyl (C=O) groups excluding carboxylic acids is 1. The third kappa shape index (κ3) is 3.10. The van der Waals surface area contributed by atoms with Crippen molar-refractivity contribution in [1.82, 2.24) is 19.6 Å². The average Bonchev–Trinajstić information content (AvgIpc) is 3.40. The Morgan fingerprint density at radius 1 is 1.33 bits per heavy atom. The van der Waals surface area contributed by atoms with E-state index in [4.69, 9.17) is 0 Å². The molecule has 5 rings (SSSR count). The van der Waals surface area contributed by atoms with Crippen molar-refractivity contribution < 1.29 is 4.79 Å². The Labute approximate surface area is 159 Å². The second-order valence-corrected chi connectivity index (χ2v) is 7.54. The number of rotatable bonds is 4. The molecule has 0 fully saturated rings. The van der Waals surface area contributed by atoms with Gasteiger partial charge < -0.3 is 9.72 Å². The van der Waals surface area contributed by atoms with Gasteiger partial charge in [-0.05, 0) is 41.7 Å². The van der Waals surface area contributed by atoms with E-state index in [1.807, 2.05) is 53.2 Å². The normalized spacial score (nSPS) is 16.4. The van der Waals surface area contributed by atoms with E-state index in [1.165, 1.54) is 0 Å². The number of amides is 1. The van der Waals surface area contributed by atoms with Gasteiger partial charge in [-0.25, -0.2) is 4.98 Å². The Kier molecular flexibility index (Phi) is 3.94. The minimum absolute atomic E-state index is 0.0317. The lowest BCUT2D eigenvalue weighted by molar-refractivity contribution is -0.116. The minimum atomic E-state index is 0.0317. The zero-order chi connectivity index (χ0) is 18.2. The van der Waals surface area contributed by atoms with Crippen LogP contribution in [0.2, 0.25) is 0 Å². The Morgan fingerprint density at radius 3 is 3.15 bits per heavy atom. The Bertz CT molecular complexity index is 1140. The van der Waals surface area contributed by atoms with Crippen LogP contribution in [-0.4, -0.2) is 31.2 Å². The van der Waals surface area contributed by atoms with Gasteiger partial charge in [-0.1, -0.05) is 12.1 Å². The molecular formula is C20H17N5OS. The van der Waals surface area contributed by atoms with Crippen LogP contribution in [0.25, 0.3) is 27.9 Å². The van der Waals surface area contributed by atoms with Gasteiger partial charge in [0.25, 0.3) is 0 Å². The van der Waals surface area contributed by atoms with Crippen molar-refractivity contribution in [3.63, 3.8) is 0 Å². The highest BCUT2D eigenvalue weighted by Crippen LogP contribution is 2.29. The first kappa shape index (κ1) is 16.1. The first-order valence-electron chi connectivity index (χ1n) is 8.77. The van der Waals surface area contributed by atoms with E-state index >= 15 is 0 Å². The summed E-state index contributed by atoms with van der Waals surface area (Å²) in [5, 5.41) is 13.5.